The van der Waals surface area contributed by atoms with Crippen molar-refractivity contribution in [2.75, 3.05) is 20.8 Å². The quantitative estimate of drug-likeness (QED) is 0.917. The van der Waals surface area contributed by atoms with Crippen molar-refractivity contribution in [3.05, 3.63) is 21.9 Å². The maximum Gasteiger partial charge on any atom is 0.165 e. The molecule has 1 N–H and O–H groups in total. The van der Waals surface area contributed by atoms with Gasteiger partial charge in [0.15, 0.2) is 11.5 Å². The van der Waals surface area contributed by atoms with Gasteiger partial charge in [-0.15, -0.1) is 0 Å². The molecular weight excluding hydrogens is 267 g/mol. The fourth-order valence-corrected chi connectivity index (χ4v) is 1.84. The fourth-order valence-electron chi connectivity index (χ4n) is 1.35. The van der Waals surface area contributed by atoms with E-state index in [1.165, 1.54) is 20.3 Å². The van der Waals surface area contributed by atoms with Gasteiger partial charge in [0, 0.05) is 24.7 Å². The molecule has 1 rings (SSSR count). The van der Waals surface area contributed by atoms with Gasteiger partial charge in [0.25, 0.3) is 0 Å². The Morgan fingerprint density at radius 3 is 2.53 bits per heavy atom. The number of ether oxygens (including phenoxy) is 2. The molecule has 0 heterocycles. The number of hydrogen-bond acceptors (Lipinski definition) is 3. The lowest BCUT2D eigenvalue weighted by Gasteiger charge is -2.14. The lowest BCUT2D eigenvalue weighted by Crippen LogP contribution is -2.01. The molecule has 0 aliphatic heterocycles. The molecule has 5 heteroatoms. The Balaban J connectivity index is 3.35. The summed E-state index contributed by atoms with van der Waals surface area (Å²) < 4.78 is 23.8. The molecule has 0 radical (unpaired) electrons. The first kappa shape index (κ1) is 12.3. The van der Waals surface area contributed by atoms with Crippen LogP contribution >= 0.6 is 15.9 Å². The number of methoxy groups -OCH3 is 2. The van der Waals surface area contributed by atoms with E-state index in [2.05, 4.69) is 15.9 Å². The van der Waals surface area contributed by atoms with E-state index in [-0.39, 0.29) is 6.61 Å². The molecule has 0 saturated carbocycles. The summed E-state index contributed by atoms with van der Waals surface area (Å²) in [6, 6.07) is 1.24. The molecule has 15 heavy (non-hydrogen) atoms. The van der Waals surface area contributed by atoms with Gasteiger partial charge < -0.3 is 14.6 Å². The van der Waals surface area contributed by atoms with Crippen LogP contribution in [0.1, 0.15) is 5.56 Å². The maximum atomic E-state index is 13.4. The highest BCUT2D eigenvalue weighted by atomic mass is 79.9. The zero-order valence-electron chi connectivity index (χ0n) is 8.51. The van der Waals surface area contributed by atoms with Crippen LogP contribution in [0.3, 0.4) is 0 Å². The van der Waals surface area contributed by atoms with E-state index in [0.717, 1.165) is 0 Å². The highest BCUT2D eigenvalue weighted by Gasteiger charge is 2.17. The van der Waals surface area contributed by atoms with Crippen LogP contribution in [-0.2, 0) is 6.42 Å². The smallest absolute Gasteiger partial charge is 0.165 e. The first-order valence-corrected chi connectivity index (χ1v) is 5.14. The predicted molar refractivity (Wildman–Crippen MR) is 58.0 cm³/mol. The number of benzene rings is 1. The predicted octanol–water partition coefficient (Wildman–Crippen LogP) is 2.14. The standard InChI is InChI=1S/C10H12BrFO3/c1-14-8-5-7(12)9(11)6(3-4-13)10(8)15-2/h5,13H,3-4H2,1-2H3. The molecule has 1 aromatic carbocycles. The summed E-state index contributed by atoms with van der Waals surface area (Å²) >= 11 is 3.11. The second-order valence-electron chi connectivity index (χ2n) is 2.86. The summed E-state index contributed by atoms with van der Waals surface area (Å²) in [7, 11) is 2.91. The highest BCUT2D eigenvalue weighted by Crippen LogP contribution is 2.38. The van der Waals surface area contributed by atoms with Crippen molar-refractivity contribution in [3.8, 4) is 11.5 Å². The molecule has 0 atom stereocenters. The van der Waals surface area contributed by atoms with Gasteiger partial charge in [-0.1, -0.05) is 0 Å². The van der Waals surface area contributed by atoms with E-state index >= 15 is 0 Å². The Labute approximate surface area is 95.9 Å². The van der Waals surface area contributed by atoms with Crippen molar-refractivity contribution in [1.29, 1.82) is 0 Å². The van der Waals surface area contributed by atoms with Crippen LogP contribution in [0.4, 0.5) is 4.39 Å². The van der Waals surface area contributed by atoms with E-state index in [1.807, 2.05) is 0 Å². The van der Waals surface area contributed by atoms with E-state index in [0.29, 0.717) is 28.0 Å². The number of halogens is 2. The monoisotopic (exact) mass is 278 g/mol. The normalized spacial score (nSPS) is 10.2. The van der Waals surface area contributed by atoms with Gasteiger partial charge in [0.05, 0.1) is 18.7 Å². The van der Waals surface area contributed by atoms with E-state index < -0.39 is 5.82 Å². The first-order chi connectivity index (χ1) is 7.15. The number of aliphatic hydroxyl groups excluding tert-OH is 1. The highest BCUT2D eigenvalue weighted by molar-refractivity contribution is 9.10. The van der Waals surface area contributed by atoms with Crippen LogP contribution in [0.2, 0.25) is 0 Å². The van der Waals surface area contributed by atoms with Crippen molar-refractivity contribution in [3.63, 3.8) is 0 Å². The molecule has 1 aromatic rings. The van der Waals surface area contributed by atoms with Crippen LogP contribution < -0.4 is 9.47 Å². The van der Waals surface area contributed by atoms with Crippen LogP contribution in [-0.4, -0.2) is 25.9 Å². The van der Waals surface area contributed by atoms with Crippen LogP contribution in [0, 0.1) is 5.82 Å². The summed E-state index contributed by atoms with van der Waals surface area (Å²) in [5.41, 5.74) is 0.567. The summed E-state index contributed by atoms with van der Waals surface area (Å²) in [6.45, 7) is -0.0818. The van der Waals surface area contributed by atoms with Gasteiger partial charge in [-0.25, -0.2) is 4.39 Å². The molecule has 0 bridgehead atoms. The third-order valence-electron chi connectivity index (χ3n) is 2.02. The van der Waals surface area contributed by atoms with Crippen molar-refractivity contribution < 1.29 is 19.0 Å². The topological polar surface area (TPSA) is 38.7 Å². The molecule has 84 valence electrons. The Hall–Kier alpha value is -0.810. The van der Waals surface area contributed by atoms with Crippen molar-refractivity contribution in [2.24, 2.45) is 0 Å². The lowest BCUT2D eigenvalue weighted by atomic mass is 10.1. The first-order valence-electron chi connectivity index (χ1n) is 4.35. The Morgan fingerprint density at radius 1 is 1.40 bits per heavy atom. The fraction of sp³-hybridized carbons (Fsp3) is 0.400. The van der Waals surface area contributed by atoms with Gasteiger partial charge in [0.1, 0.15) is 5.82 Å². The third-order valence-corrected chi connectivity index (χ3v) is 2.87. The molecule has 0 fully saturated rings. The molecule has 0 amide bonds. The van der Waals surface area contributed by atoms with Crippen LogP contribution in [0.15, 0.2) is 10.5 Å². The maximum absolute atomic E-state index is 13.4. The molecule has 0 unspecified atom stereocenters. The van der Waals surface area contributed by atoms with Crippen molar-refractivity contribution in [2.45, 2.75) is 6.42 Å². The molecule has 0 spiro atoms. The van der Waals surface area contributed by atoms with Gasteiger partial charge >= 0.3 is 0 Å². The minimum Gasteiger partial charge on any atom is -0.493 e. The second kappa shape index (κ2) is 5.32. The zero-order chi connectivity index (χ0) is 11.4. The van der Waals surface area contributed by atoms with Crippen molar-refractivity contribution >= 4 is 15.9 Å². The summed E-state index contributed by atoms with van der Waals surface area (Å²) in [5, 5.41) is 8.88. The molecule has 0 aliphatic carbocycles. The molecule has 3 nitrogen and oxygen atoms in total. The number of aliphatic hydroxyl groups is 1. The molecular formula is C10H12BrFO3. The van der Waals surface area contributed by atoms with E-state index in [4.69, 9.17) is 14.6 Å². The average Bonchev–Trinajstić information content (AvgIpc) is 2.24. The van der Waals surface area contributed by atoms with Crippen LogP contribution in [0.5, 0.6) is 11.5 Å². The Morgan fingerprint density at radius 2 is 2.07 bits per heavy atom. The Kier molecular flexibility index (Phi) is 4.35. The van der Waals surface area contributed by atoms with Gasteiger partial charge in [-0.3, -0.25) is 0 Å². The molecule has 0 aromatic heterocycles. The molecule has 0 saturated heterocycles. The average molecular weight is 279 g/mol. The minimum atomic E-state index is -0.434. The summed E-state index contributed by atoms with van der Waals surface area (Å²) in [4.78, 5) is 0. The largest absolute Gasteiger partial charge is 0.493 e. The Bertz CT molecular complexity index is 355. The zero-order valence-corrected chi connectivity index (χ0v) is 10.1. The molecule has 0 aliphatic rings. The summed E-state index contributed by atoms with van der Waals surface area (Å²) in [6.07, 6.45) is 0.303. The number of rotatable bonds is 4. The SMILES string of the molecule is COc1cc(F)c(Br)c(CCO)c1OC. The van der Waals surface area contributed by atoms with Crippen LogP contribution in [0.25, 0.3) is 0 Å². The number of hydrogen-bond donors (Lipinski definition) is 1. The van der Waals surface area contributed by atoms with Crippen molar-refractivity contribution in [1.82, 2.24) is 0 Å². The van der Waals surface area contributed by atoms with E-state index in [1.54, 1.807) is 0 Å². The van der Waals surface area contributed by atoms with Gasteiger partial charge in [-0.05, 0) is 15.9 Å². The summed E-state index contributed by atoms with van der Waals surface area (Å²) in [5.74, 6) is 0.331. The third kappa shape index (κ3) is 2.41. The van der Waals surface area contributed by atoms with E-state index in [9.17, 15) is 4.39 Å². The van der Waals surface area contributed by atoms with Gasteiger partial charge in [0.2, 0.25) is 0 Å². The second-order valence-corrected chi connectivity index (χ2v) is 3.65. The lowest BCUT2D eigenvalue weighted by molar-refractivity contribution is 0.293. The van der Waals surface area contributed by atoms with Gasteiger partial charge in [-0.2, -0.15) is 0 Å². The minimum absolute atomic E-state index is 0.0818.